The zero-order chi connectivity index (χ0) is 25.7. The average molecular weight is 489 g/mol. The zero-order valence-corrected chi connectivity index (χ0v) is 18.8. The predicted octanol–water partition coefficient (Wildman–Crippen LogP) is 3.77. The molecule has 0 aliphatic rings. The number of ether oxygens (including phenoxy) is 1. The predicted molar refractivity (Wildman–Crippen MR) is 111 cm³/mol. The first kappa shape index (κ1) is 26.9. The molecular formula is C21H24F5N5O3. The highest BCUT2D eigenvalue weighted by Gasteiger charge is 2.58. The number of hydrogen-bond acceptors (Lipinski definition) is 6. The molecule has 2 aromatic heterocycles. The number of pyridine rings is 1. The van der Waals surface area contributed by atoms with E-state index in [-0.39, 0.29) is 23.9 Å². The highest BCUT2D eigenvalue weighted by Crippen LogP contribution is 2.35. The van der Waals surface area contributed by atoms with E-state index in [0.29, 0.717) is 17.1 Å². The molecule has 0 bridgehead atoms. The molecule has 13 heteroatoms. The monoisotopic (exact) mass is 489 g/mol. The molecule has 34 heavy (non-hydrogen) atoms. The van der Waals surface area contributed by atoms with Gasteiger partial charge in [-0.3, -0.25) is 9.59 Å². The Kier molecular flexibility index (Phi) is 8.46. The van der Waals surface area contributed by atoms with Crippen molar-refractivity contribution in [1.29, 1.82) is 0 Å². The first-order valence-corrected chi connectivity index (χ1v) is 10.2. The number of alkyl halides is 5. The molecule has 0 aliphatic heterocycles. The molecule has 0 fully saturated rings. The van der Waals surface area contributed by atoms with Crippen molar-refractivity contribution >= 4 is 17.6 Å². The summed E-state index contributed by atoms with van der Waals surface area (Å²) in [7, 11) is 0. The van der Waals surface area contributed by atoms with Crippen LogP contribution in [0.4, 0.5) is 27.8 Å². The maximum atomic E-state index is 12.9. The van der Waals surface area contributed by atoms with Crippen molar-refractivity contribution in [2.75, 3.05) is 11.9 Å². The van der Waals surface area contributed by atoms with Gasteiger partial charge in [-0.2, -0.15) is 27.1 Å². The molecule has 186 valence electrons. The van der Waals surface area contributed by atoms with E-state index < -0.39 is 36.5 Å². The molecule has 1 atom stereocenters. The smallest absolute Gasteiger partial charge is 0.456 e. The van der Waals surface area contributed by atoms with E-state index in [1.807, 2.05) is 0 Å². The summed E-state index contributed by atoms with van der Waals surface area (Å²) in [5.41, 5.74) is 1.48. The highest BCUT2D eigenvalue weighted by atomic mass is 19.4. The van der Waals surface area contributed by atoms with Crippen LogP contribution in [0.25, 0.3) is 0 Å². The summed E-state index contributed by atoms with van der Waals surface area (Å²) >= 11 is 0. The van der Waals surface area contributed by atoms with Crippen LogP contribution in [0.15, 0.2) is 24.3 Å². The van der Waals surface area contributed by atoms with Gasteiger partial charge < -0.3 is 15.4 Å². The first-order valence-electron chi connectivity index (χ1n) is 10.2. The number of aromatic nitrogens is 3. The normalized spacial score (nSPS) is 12.9. The van der Waals surface area contributed by atoms with Crippen molar-refractivity contribution in [1.82, 2.24) is 20.5 Å². The minimum absolute atomic E-state index is 0.149. The van der Waals surface area contributed by atoms with E-state index in [4.69, 9.17) is 0 Å². The lowest BCUT2D eigenvalue weighted by molar-refractivity contribution is -0.290. The summed E-state index contributed by atoms with van der Waals surface area (Å²) in [5.74, 6) is -6.10. The van der Waals surface area contributed by atoms with Gasteiger partial charge in [0.25, 0.3) is 0 Å². The second kappa shape index (κ2) is 10.7. The summed E-state index contributed by atoms with van der Waals surface area (Å²) in [4.78, 5) is 28.5. The van der Waals surface area contributed by atoms with Crippen molar-refractivity contribution in [3.63, 3.8) is 0 Å². The Morgan fingerprint density at radius 3 is 2.29 bits per heavy atom. The van der Waals surface area contributed by atoms with E-state index in [0.717, 1.165) is 6.07 Å². The summed E-state index contributed by atoms with van der Waals surface area (Å²) in [6.07, 6.45) is -5.97. The van der Waals surface area contributed by atoms with Gasteiger partial charge in [0.2, 0.25) is 17.7 Å². The molecule has 0 radical (unpaired) electrons. The number of hydrogen-bond donors (Lipinski definition) is 2. The molecular weight excluding hydrogens is 465 g/mol. The number of rotatable bonds is 9. The van der Waals surface area contributed by atoms with Crippen LogP contribution in [0.5, 0.6) is 5.88 Å². The van der Waals surface area contributed by atoms with Crippen molar-refractivity contribution < 1.29 is 36.3 Å². The van der Waals surface area contributed by atoms with E-state index in [9.17, 15) is 31.5 Å². The maximum absolute atomic E-state index is 12.9. The van der Waals surface area contributed by atoms with Crippen molar-refractivity contribution in [3.05, 3.63) is 41.2 Å². The molecule has 0 aliphatic carbocycles. The van der Waals surface area contributed by atoms with Crippen LogP contribution < -0.4 is 15.4 Å². The Bertz CT molecular complexity index is 1010. The standard InChI is InChI=1S/C21H24F5N5O3/c1-11(2)19(33)29-16-8-14(7-12(3)27-16)13(4)28-17(32)9-15-5-6-18(31-30-15)34-10-20(22,23)21(24,25)26/h5-8,11,13H,9-10H2,1-4H3,(H,28,32)(H,27,29,33). The topological polar surface area (TPSA) is 106 Å². The number of aryl methyl sites for hydroxylation is 1. The lowest BCUT2D eigenvalue weighted by atomic mass is 10.1. The van der Waals surface area contributed by atoms with E-state index in [2.05, 4.69) is 30.6 Å². The molecule has 0 saturated carbocycles. The summed E-state index contributed by atoms with van der Waals surface area (Å²) in [6, 6.07) is 5.21. The summed E-state index contributed by atoms with van der Waals surface area (Å²) < 4.78 is 66.7. The average Bonchev–Trinajstić information content (AvgIpc) is 2.71. The third kappa shape index (κ3) is 7.59. The van der Waals surface area contributed by atoms with Crippen molar-refractivity contribution in [2.24, 2.45) is 5.92 Å². The molecule has 2 aromatic rings. The fourth-order valence-electron chi connectivity index (χ4n) is 2.59. The number of anilines is 1. The van der Waals surface area contributed by atoms with Crippen LogP contribution in [0.2, 0.25) is 0 Å². The van der Waals surface area contributed by atoms with Gasteiger partial charge in [-0.05, 0) is 37.6 Å². The number of carbonyl (C=O) groups is 2. The number of amides is 2. The quantitative estimate of drug-likeness (QED) is 0.520. The second-order valence-electron chi connectivity index (χ2n) is 7.89. The first-order chi connectivity index (χ1) is 15.7. The van der Waals surface area contributed by atoms with Crippen molar-refractivity contribution in [3.8, 4) is 5.88 Å². The lowest BCUT2D eigenvalue weighted by Crippen LogP contribution is -2.41. The molecule has 0 spiro atoms. The fourth-order valence-corrected chi connectivity index (χ4v) is 2.59. The van der Waals surface area contributed by atoms with E-state index >= 15 is 0 Å². The van der Waals surface area contributed by atoms with Crippen LogP contribution in [0.3, 0.4) is 0 Å². The lowest BCUT2D eigenvalue weighted by Gasteiger charge is -2.19. The zero-order valence-electron chi connectivity index (χ0n) is 18.8. The number of carbonyl (C=O) groups excluding carboxylic acids is 2. The van der Waals surface area contributed by atoms with Crippen LogP contribution in [0, 0.1) is 12.8 Å². The maximum Gasteiger partial charge on any atom is 0.456 e. The van der Waals surface area contributed by atoms with E-state index in [1.165, 1.54) is 6.07 Å². The Morgan fingerprint density at radius 2 is 1.74 bits per heavy atom. The number of halogens is 5. The third-order valence-electron chi connectivity index (χ3n) is 4.48. The molecule has 1 unspecified atom stereocenters. The number of nitrogens with zero attached hydrogens (tertiary/aromatic N) is 3. The van der Waals surface area contributed by atoms with Gasteiger partial charge in [0.15, 0.2) is 6.61 Å². The van der Waals surface area contributed by atoms with Gasteiger partial charge in [-0.15, -0.1) is 5.10 Å². The Labute approximate surface area is 192 Å². The van der Waals surface area contributed by atoms with Gasteiger partial charge in [0.05, 0.1) is 18.2 Å². The molecule has 2 amide bonds. The molecule has 2 rings (SSSR count). The van der Waals surface area contributed by atoms with Gasteiger partial charge in [0.1, 0.15) is 5.82 Å². The Hall–Kier alpha value is -3.38. The van der Waals surface area contributed by atoms with Crippen LogP contribution in [-0.2, 0) is 16.0 Å². The summed E-state index contributed by atoms with van der Waals surface area (Å²) in [6.45, 7) is 5.02. The van der Waals surface area contributed by atoms with Crippen molar-refractivity contribution in [2.45, 2.75) is 52.3 Å². The number of nitrogens with one attached hydrogen (secondary N) is 2. The Balaban J connectivity index is 1.95. The van der Waals surface area contributed by atoms with Crippen LogP contribution in [0.1, 0.15) is 43.8 Å². The molecule has 0 saturated heterocycles. The van der Waals surface area contributed by atoms with Gasteiger partial charge in [0, 0.05) is 17.7 Å². The van der Waals surface area contributed by atoms with E-state index in [1.54, 1.807) is 39.8 Å². The van der Waals surface area contributed by atoms with Crippen LogP contribution >= 0.6 is 0 Å². The van der Waals surface area contributed by atoms with Gasteiger partial charge >= 0.3 is 12.1 Å². The minimum atomic E-state index is -5.75. The van der Waals surface area contributed by atoms with Gasteiger partial charge in [-0.1, -0.05) is 13.8 Å². The molecule has 2 heterocycles. The molecule has 8 nitrogen and oxygen atoms in total. The SMILES string of the molecule is Cc1cc(C(C)NC(=O)Cc2ccc(OCC(F)(F)C(F)(F)F)nn2)cc(NC(=O)C(C)C)n1. The minimum Gasteiger partial charge on any atom is -0.470 e. The van der Waals surface area contributed by atoms with Crippen LogP contribution in [-0.4, -0.2) is 45.7 Å². The fraction of sp³-hybridized carbons (Fsp3) is 0.476. The second-order valence-corrected chi connectivity index (χ2v) is 7.89. The van der Waals surface area contributed by atoms with Gasteiger partial charge in [-0.25, -0.2) is 4.98 Å². The third-order valence-corrected chi connectivity index (χ3v) is 4.48. The highest BCUT2D eigenvalue weighted by molar-refractivity contribution is 5.91. The molecule has 2 N–H and O–H groups in total. The Morgan fingerprint density at radius 1 is 1.06 bits per heavy atom. The largest absolute Gasteiger partial charge is 0.470 e. The summed E-state index contributed by atoms with van der Waals surface area (Å²) in [5, 5.41) is 12.5. The molecule has 0 aromatic carbocycles.